The van der Waals surface area contributed by atoms with Crippen LogP contribution in [0.25, 0.3) is 21.6 Å². The van der Waals surface area contributed by atoms with Gasteiger partial charge in [0.1, 0.15) is 9.98 Å². The molecule has 0 amide bonds. The average Bonchev–Trinajstić information content (AvgIpc) is 2.98. The Morgan fingerprint density at radius 1 is 1.25 bits per heavy atom. The Kier molecular flexibility index (Phi) is 2.72. The van der Waals surface area contributed by atoms with Gasteiger partial charge in [0.15, 0.2) is 11.6 Å². The highest BCUT2D eigenvalue weighted by molar-refractivity contribution is 7.19. The maximum absolute atomic E-state index is 13.8. The van der Waals surface area contributed by atoms with E-state index in [2.05, 4.69) is 15.0 Å². The maximum Gasteiger partial charge on any atom is 0.165 e. The summed E-state index contributed by atoms with van der Waals surface area (Å²) in [7, 11) is 0. The van der Waals surface area contributed by atoms with Crippen molar-refractivity contribution in [2.45, 2.75) is 19.3 Å². The summed E-state index contributed by atoms with van der Waals surface area (Å²) < 4.78 is 13.8. The molecule has 0 bridgehead atoms. The molecular formula is C14H9ClFN3S. The molecule has 0 aromatic carbocycles. The molecule has 100 valence electrons. The van der Waals surface area contributed by atoms with Crippen molar-refractivity contribution >= 4 is 33.2 Å². The second kappa shape index (κ2) is 4.46. The molecule has 3 aromatic rings. The molecule has 0 N–H and O–H groups in total. The molecule has 1 aliphatic carbocycles. The number of aryl methyl sites for hydroxylation is 2. The van der Waals surface area contributed by atoms with Crippen molar-refractivity contribution in [1.29, 1.82) is 0 Å². The minimum Gasteiger partial charge on any atom is -0.262 e. The molecule has 3 nitrogen and oxygen atoms in total. The van der Waals surface area contributed by atoms with Crippen LogP contribution >= 0.6 is 22.9 Å². The Morgan fingerprint density at radius 3 is 3.00 bits per heavy atom. The van der Waals surface area contributed by atoms with Crippen LogP contribution in [-0.4, -0.2) is 15.0 Å². The van der Waals surface area contributed by atoms with Gasteiger partial charge in [-0.25, -0.2) is 14.4 Å². The van der Waals surface area contributed by atoms with Gasteiger partial charge in [0, 0.05) is 11.1 Å². The molecule has 4 rings (SSSR count). The van der Waals surface area contributed by atoms with Gasteiger partial charge in [0.05, 0.1) is 17.1 Å². The number of hydrogen-bond acceptors (Lipinski definition) is 4. The molecule has 0 saturated heterocycles. The Hall–Kier alpha value is -1.59. The van der Waals surface area contributed by atoms with E-state index in [1.165, 1.54) is 16.6 Å². The van der Waals surface area contributed by atoms with Crippen molar-refractivity contribution in [2.75, 3.05) is 0 Å². The maximum atomic E-state index is 13.8. The van der Waals surface area contributed by atoms with Crippen LogP contribution in [0.1, 0.15) is 16.9 Å². The van der Waals surface area contributed by atoms with Crippen LogP contribution in [-0.2, 0) is 12.8 Å². The van der Waals surface area contributed by atoms with Crippen LogP contribution in [0.15, 0.2) is 18.5 Å². The van der Waals surface area contributed by atoms with Crippen LogP contribution in [0.4, 0.5) is 4.39 Å². The summed E-state index contributed by atoms with van der Waals surface area (Å²) >= 11 is 7.95. The van der Waals surface area contributed by atoms with E-state index in [0.29, 0.717) is 16.5 Å². The summed E-state index contributed by atoms with van der Waals surface area (Å²) in [5.74, 6) is -0.116. The van der Waals surface area contributed by atoms with Gasteiger partial charge in [-0.3, -0.25) is 4.98 Å². The number of rotatable bonds is 1. The zero-order valence-electron chi connectivity index (χ0n) is 10.4. The minimum absolute atomic E-state index is 0.322. The van der Waals surface area contributed by atoms with Crippen LogP contribution in [0.5, 0.6) is 0 Å². The molecule has 0 fully saturated rings. The van der Waals surface area contributed by atoms with E-state index in [4.69, 9.17) is 11.6 Å². The molecule has 3 aromatic heterocycles. The third kappa shape index (κ3) is 1.73. The van der Waals surface area contributed by atoms with Crippen molar-refractivity contribution in [2.24, 2.45) is 0 Å². The third-order valence-corrected chi connectivity index (χ3v) is 4.99. The molecule has 0 saturated carbocycles. The molecule has 0 aliphatic heterocycles. The van der Waals surface area contributed by atoms with E-state index >= 15 is 0 Å². The summed E-state index contributed by atoms with van der Waals surface area (Å²) in [6.45, 7) is 0. The van der Waals surface area contributed by atoms with E-state index in [9.17, 15) is 4.39 Å². The van der Waals surface area contributed by atoms with Gasteiger partial charge in [-0.05, 0) is 30.9 Å². The highest BCUT2D eigenvalue weighted by Gasteiger charge is 2.22. The van der Waals surface area contributed by atoms with Crippen LogP contribution < -0.4 is 0 Å². The zero-order chi connectivity index (χ0) is 13.7. The lowest BCUT2D eigenvalue weighted by Crippen LogP contribution is -1.94. The molecule has 6 heteroatoms. The lowest BCUT2D eigenvalue weighted by atomic mass is 10.2. The standard InChI is InChI=1S/C14H9ClFN3S/c15-12-11-8-2-1-3-10(8)20-14(11)19-13(18-12)7-4-5-17-6-9(7)16/h4-6H,1-3H2. The number of aromatic nitrogens is 3. The Morgan fingerprint density at radius 2 is 2.15 bits per heavy atom. The fraction of sp³-hybridized carbons (Fsp3) is 0.214. The average molecular weight is 306 g/mol. The molecule has 0 unspecified atom stereocenters. The molecule has 0 radical (unpaired) electrons. The fourth-order valence-corrected chi connectivity index (χ4v) is 4.23. The SMILES string of the molecule is Fc1cnccc1-c1nc(Cl)c2c3c(sc2n1)CCC3. The second-order valence-corrected chi connectivity index (χ2v) is 6.17. The summed E-state index contributed by atoms with van der Waals surface area (Å²) in [5.41, 5.74) is 1.61. The normalized spacial score (nSPS) is 13.9. The van der Waals surface area contributed by atoms with Gasteiger partial charge in [-0.2, -0.15) is 0 Å². The number of thiophene rings is 1. The number of nitrogens with zero attached hydrogens (tertiary/aromatic N) is 3. The summed E-state index contributed by atoms with van der Waals surface area (Å²) in [4.78, 5) is 14.7. The summed E-state index contributed by atoms with van der Waals surface area (Å²) in [5, 5.41) is 1.36. The van der Waals surface area contributed by atoms with Crippen molar-refractivity contribution in [1.82, 2.24) is 15.0 Å². The third-order valence-electron chi connectivity index (χ3n) is 3.53. The number of halogens is 2. The number of fused-ring (bicyclic) bond motifs is 3. The Bertz CT molecular complexity index is 831. The largest absolute Gasteiger partial charge is 0.262 e. The Balaban J connectivity index is 1.98. The van der Waals surface area contributed by atoms with Gasteiger partial charge in [-0.1, -0.05) is 11.6 Å². The van der Waals surface area contributed by atoms with E-state index in [-0.39, 0.29) is 0 Å². The molecule has 0 spiro atoms. The lowest BCUT2D eigenvalue weighted by molar-refractivity contribution is 0.623. The van der Waals surface area contributed by atoms with Crippen molar-refractivity contribution in [3.05, 3.63) is 39.9 Å². The van der Waals surface area contributed by atoms with E-state index < -0.39 is 5.82 Å². The highest BCUT2D eigenvalue weighted by Crippen LogP contribution is 2.40. The van der Waals surface area contributed by atoms with Gasteiger partial charge < -0.3 is 0 Å². The van der Waals surface area contributed by atoms with Gasteiger partial charge >= 0.3 is 0 Å². The second-order valence-electron chi connectivity index (χ2n) is 4.73. The van der Waals surface area contributed by atoms with Crippen molar-refractivity contribution in [3.63, 3.8) is 0 Å². The van der Waals surface area contributed by atoms with E-state index in [1.807, 2.05) is 0 Å². The van der Waals surface area contributed by atoms with Gasteiger partial charge in [0.2, 0.25) is 0 Å². The fourth-order valence-electron chi connectivity index (χ4n) is 2.63. The van der Waals surface area contributed by atoms with Gasteiger partial charge in [-0.15, -0.1) is 11.3 Å². The van der Waals surface area contributed by atoms with E-state index in [0.717, 1.165) is 35.7 Å². The first-order valence-electron chi connectivity index (χ1n) is 6.31. The molecule has 20 heavy (non-hydrogen) atoms. The first-order valence-corrected chi connectivity index (χ1v) is 7.51. The summed E-state index contributed by atoms with van der Waals surface area (Å²) in [6.07, 6.45) is 5.95. The summed E-state index contributed by atoms with van der Waals surface area (Å²) in [6, 6.07) is 1.56. The molecule has 0 atom stereocenters. The van der Waals surface area contributed by atoms with Crippen LogP contribution in [0.3, 0.4) is 0 Å². The van der Waals surface area contributed by atoms with Crippen molar-refractivity contribution in [3.8, 4) is 11.4 Å². The Labute approximate surface area is 123 Å². The van der Waals surface area contributed by atoms with E-state index in [1.54, 1.807) is 17.4 Å². The monoisotopic (exact) mass is 305 g/mol. The lowest BCUT2D eigenvalue weighted by Gasteiger charge is -2.03. The molecular weight excluding hydrogens is 297 g/mol. The topological polar surface area (TPSA) is 38.7 Å². The molecule has 1 aliphatic rings. The minimum atomic E-state index is -0.438. The highest BCUT2D eigenvalue weighted by atomic mass is 35.5. The predicted octanol–water partition coefficient (Wildman–Crippen LogP) is 4.03. The van der Waals surface area contributed by atoms with Crippen LogP contribution in [0, 0.1) is 5.82 Å². The van der Waals surface area contributed by atoms with Gasteiger partial charge in [0.25, 0.3) is 0 Å². The number of pyridine rings is 1. The number of hydrogen-bond donors (Lipinski definition) is 0. The predicted molar refractivity (Wildman–Crippen MR) is 77.6 cm³/mol. The van der Waals surface area contributed by atoms with Crippen molar-refractivity contribution < 1.29 is 4.39 Å². The first kappa shape index (κ1) is 12.2. The smallest absolute Gasteiger partial charge is 0.165 e. The molecule has 3 heterocycles. The first-order chi connectivity index (χ1) is 9.74. The quantitative estimate of drug-likeness (QED) is 0.637. The van der Waals surface area contributed by atoms with Crippen LogP contribution in [0.2, 0.25) is 5.15 Å². The zero-order valence-corrected chi connectivity index (χ0v) is 11.9.